The molecule has 1 aliphatic rings. The SMILES string of the molecule is CC(O)C(C)SCC(=O)NC1(C)CCS(=O)(=O)C1. The van der Waals surface area contributed by atoms with Gasteiger partial charge in [-0.2, -0.15) is 0 Å². The second-order valence-electron chi connectivity index (χ2n) is 5.21. The lowest BCUT2D eigenvalue weighted by Gasteiger charge is -2.24. The van der Waals surface area contributed by atoms with Crippen LogP contribution in [-0.4, -0.2) is 53.6 Å². The van der Waals surface area contributed by atoms with Gasteiger partial charge in [-0.3, -0.25) is 4.79 Å². The molecule has 3 unspecified atom stereocenters. The van der Waals surface area contributed by atoms with Crippen LogP contribution in [0.5, 0.6) is 0 Å². The first-order chi connectivity index (χ1) is 8.14. The largest absolute Gasteiger partial charge is 0.392 e. The number of carbonyl (C=O) groups excluding carboxylic acids is 1. The molecule has 0 bridgehead atoms. The van der Waals surface area contributed by atoms with Crippen LogP contribution in [0.3, 0.4) is 0 Å². The van der Waals surface area contributed by atoms with E-state index in [2.05, 4.69) is 5.32 Å². The van der Waals surface area contributed by atoms with Gasteiger partial charge in [-0.15, -0.1) is 11.8 Å². The molecule has 0 aliphatic carbocycles. The summed E-state index contributed by atoms with van der Waals surface area (Å²) in [6.07, 6.45) is 0.00257. The standard InChI is InChI=1S/C11H21NO4S2/c1-8(13)9(2)17-6-10(14)12-11(3)4-5-18(15,16)7-11/h8-9,13H,4-7H2,1-3H3,(H,12,14). The maximum Gasteiger partial charge on any atom is 0.230 e. The third-order valence-corrected chi connectivity index (χ3v) is 6.35. The molecule has 1 heterocycles. The zero-order valence-electron chi connectivity index (χ0n) is 11.0. The summed E-state index contributed by atoms with van der Waals surface area (Å²) in [5, 5.41) is 12.1. The molecule has 5 nitrogen and oxygen atoms in total. The minimum atomic E-state index is -3.01. The topological polar surface area (TPSA) is 83.5 Å². The van der Waals surface area contributed by atoms with Gasteiger partial charge in [0, 0.05) is 5.25 Å². The molecule has 0 radical (unpaired) electrons. The van der Waals surface area contributed by atoms with Crippen molar-refractivity contribution in [2.45, 2.75) is 44.1 Å². The Morgan fingerprint density at radius 3 is 2.56 bits per heavy atom. The van der Waals surface area contributed by atoms with E-state index in [-0.39, 0.29) is 28.4 Å². The van der Waals surface area contributed by atoms with Gasteiger partial charge in [0.05, 0.1) is 28.9 Å². The van der Waals surface area contributed by atoms with Crippen molar-refractivity contribution < 1.29 is 18.3 Å². The van der Waals surface area contributed by atoms with Crippen LogP contribution in [0.25, 0.3) is 0 Å². The lowest BCUT2D eigenvalue weighted by Crippen LogP contribution is -2.47. The van der Waals surface area contributed by atoms with Gasteiger partial charge in [-0.1, -0.05) is 6.92 Å². The molecule has 2 N–H and O–H groups in total. The van der Waals surface area contributed by atoms with Gasteiger partial charge in [0.15, 0.2) is 9.84 Å². The Morgan fingerprint density at radius 1 is 1.50 bits per heavy atom. The molecule has 0 aromatic carbocycles. The number of rotatable bonds is 5. The van der Waals surface area contributed by atoms with Crippen molar-refractivity contribution in [3.05, 3.63) is 0 Å². The summed E-state index contributed by atoms with van der Waals surface area (Å²) in [7, 11) is -3.01. The third-order valence-electron chi connectivity index (χ3n) is 3.10. The van der Waals surface area contributed by atoms with Crippen LogP contribution in [0, 0.1) is 0 Å². The van der Waals surface area contributed by atoms with Crippen LogP contribution < -0.4 is 5.32 Å². The fraction of sp³-hybridized carbons (Fsp3) is 0.909. The van der Waals surface area contributed by atoms with Gasteiger partial charge in [-0.25, -0.2) is 8.42 Å². The van der Waals surface area contributed by atoms with Crippen molar-refractivity contribution in [3.63, 3.8) is 0 Å². The Hall–Kier alpha value is -0.270. The number of hydrogen-bond acceptors (Lipinski definition) is 5. The highest BCUT2D eigenvalue weighted by molar-refractivity contribution is 8.00. The van der Waals surface area contributed by atoms with E-state index in [9.17, 15) is 18.3 Å². The van der Waals surface area contributed by atoms with Crippen molar-refractivity contribution in [1.29, 1.82) is 0 Å². The number of amides is 1. The van der Waals surface area contributed by atoms with Gasteiger partial charge in [0.1, 0.15) is 0 Å². The molecule has 1 aliphatic heterocycles. The Balaban J connectivity index is 2.42. The molecule has 0 saturated carbocycles. The van der Waals surface area contributed by atoms with Crippen LogP contribution in [0.15, 0.2) is 0 Å². The van der Waals surface area contributed by atoms with E-state index in [0.29, 0.717) is 6.42 Å². The van der Waals surface area contributed by atoms with E-state index in [4.69, 9.17) is 0 Å². The molecule has 106 valence electrons. The predicted octanol–water partition coefficient (Wildman–Crippen LogP) is 0.182. The van der Waals surface area contributed by atoms with Gasteiger partial charge < -0.3 is 10.4 Å². The summed E-state index contributed by atoms with van der Waals surface area (Å²) in [5.74, 6) is 0.220. The summed E-state index contributed by atoms with van der Waals surface area (Å²) < 4.78 is 22.8. The van der Waals surface area contributed by atoms with Crippen LogP contribution in [0.2, 0.25) is 0 Å². The molecule has 0 spiro atoms. The average molecular weight is 295 g/mol. The van der Waals surface area contributed by atoms with Crippen molar-refractivity contribution in [2.75, 3.05) is 17.3 Å². The van der Waals surface area contributed by atoms with Crippen LogP contribution in [0.1, 0.15) is 27.2 Å². The molecule has 18 heavy (non-hydrogen) atoms. The molecular weight excluding hydrogens is 274 g/mol. The first-order valence-electron chi connectivity index (χ1n) is 5.95. The monoisotopic (exact) mass is 295 g/mol. The second-order valence-corrected chi connectivity index (χ2v) is 8.76. The quantitative estimate of drug-likeness (QED) is 0.756. The maximum atomic E-state index is 11.7. The summed E-state index contributed by atoms with van der Waals surface area (Å²) in [4.78, 5) is 11.7. The highest BCUT2D eigenvalue weighted by Gasteiger charge is 2.39. The van der Waals surface area contributed by atoms with E-state index in [0.717, 1.165) is 0 Å². The molecule has 3 atom stereocenters. The van der Waals surface area contributed by atoms with E-state index in [1.54, 1.807) is 13.8 Å². The number of sulfone groups is 1. The van der Waals surface area contributed by atoms with Crippen molar-refractivity contribution >= 4 is 27.5 Å². The zero-order valence-corrected chi connectivity index (χ0v) is 12.6. The fourth-order valence-electron chi connectivity index (χ4n) is 1.83. The molecule has 0 aromatic heterocycles. The second kappa shape index (κ2) is 5.79. The Morgan fingerprint density at radius 2 is 2.11 bits per heavy atom. The lowest BCUT2D eigenvalue weighted by molar-refractivity contribution is -0.120. The average Bonchev–Trinajstić information content (AvgIpc) is 2.49. The minimum absolute atomic E-state index is 0.0162. The van der Waals surface area contributed by atoms with Crippen molar-refractivity contribution in [3.8, 4) is 0 Å². The van der Waals surface area contributed by atoms with Crippen LogP contribution >= 0.6 is 11.8 Å². The van der Waals surface area contributed by atoms with Gasteiger partial charge >= 0.3 is 0 Å². The van der Waals surface area contributed by atoms with Gasteiger partial charge in [-0.05, 0) is 20.3 Å². The first kappa shape index (κ1) is 15.8. The Kier molecular flexibility index (Phi) is 5.08. The number of hydrogen-bond donors (Lipinski definition) is 2. The summed E-state index contributed by atoms with van der Waals surface area (Å²) >= 11 is 1.36. The normalized spacial score (nSPS) is 29.8. The maximum absolute atomic E-state index is 11.7. The molecule has 0 aromatic rings. The minimum Gasteiger partial charge on any atom is -0.392 e. The van der Waals surface area contributed by atoms with E-state index in [1.807, 2.05) is 6.92 Å². The van der Waals surface area contributed by atoms with E-state index in [1.165, 1.54) is 11.8 Å². The molecule has 1 amide bonds. The number of thioether (sulfide) groups is 1. The highest BCUT2D eigenvalue weighted by Crippen LogP contribution is 2.23. The predicted molar refractivity (Wildman–Crippen MR) is 73.4 cm³/mol. The first-order valence-corrected chi connectivity index (χ1v) is 8.82. The summed E-state index contributed by atoms with van der Waals surface area (Å²) in [6.45, 7) is 5.29. The molecule has 1 fully saturated rings. The number of aliphatic hydroxyl groups excluding tert-OH is 1. The zero-order chi connectivity index (χ0) is 14.0. The van der Waals surface area contributed by atoms with Crippen LogP contribution in [-0.2, 0) is 14.6 Å². The Bertz CT molecular complexity index is 407. The van der Waals surface area contributed by atoms with Crippen molar-refractivity contribution in [2.24, 2.45) is 0 Å². The molecule has 1 saturated heterocycles. The van der Waals surface area contributed by atoms with Crippen LogP contribution in [0.4, 0.5) is 0 Å². The molecule has 1 rings (SSSR count). The fourth-order valence-corrected chi connectivity index (χ4v) is 4.69. The lowest BCUT2D eigenvalue weighted by atomic mass is 10.0. The van der Waals surface area contributed by atoms with Gasteiger partial charge in [0.25, 0.3) is 0 Å². The van der Waals surface area contributed by atoms with E-state index >= 15 is 0 Å². The third kappa shape index (κ3) is 4.78. The number of aliphatic hydroxyl groups is 1. The summed E-state index contributed by atoms with van der Waals surface area (Å²) in [5.41, 5.74) is -0.634. The van der Waals surface area contributed by atoms with Crippen molar-refractivity contribution in [1.82, 2.24) is 5.32 Å². The highest BCUT2D eigenvalue weighted by atomic mass is 32.2. The Labute approximate surface area is 113 Å². The number of nitrogens with one attached hydrogen (secondary N) is 1. The number of carbonyl (C=O) groups is 1. The summed E-state index contributed by atoms with van der Waals surface area (Å²) in [6, 6.07) is 0. The molecule has 7 heteroatoms. The van der Waals surface area contributed by atoms with Gasteiger partial charge in [0.2, 0.25) is 5.91 Å². The molecular formula is C11H21NO4S2. The van der Waals surface area contributed by atoms with E-state index < -0.39 is 21.5 Å². The smallest absolute Gasteiger partial charge is 0.230 e.